The number of ether oxygens (including phenoxy) is 1. The lowest BCUT2D eigenvalue weighted by Crippen LogP contribution is -2.29. The Balaban J connectivity index is 1.93. The van der Waals surface area contributed by atoms with E-state index in [9.17, 15) is 9.90 Å². The second-order valence-electron chi connectivity index (χ2n) is 6.57. The molecule has 1 unspecified atom stereocenters. The van der Waals surface area contributed by atoms with Gasteiger partial charge in [0.2, 0.25) is 5.89 Å². The molecule has 0 fully saturated rings. The van der Waals surface area contributed by atoms with E-state index in [0.717, 1.165) is 11.1 Å². The number of aryl methyl sites for hydroxylation is 1. The van der Waals surface area contributed by atoms with Gasteiger partial charge in [-0.25, -0.2) is 4.79 Å². The molecule has 1 atom stereocenters. The fourth-order valence-corrected chi connectivity index (χ4v) is 1.99. The summed E-state index contributed by atoms with van der Waals surface area (Å²) in [6, 6.07) is 7.70. The summed E-state index contributed by atoms with van der Waals surface area (Å²) in [6.45, 7) is 7.91. The maximum absolute atomic E-state index is 11.7. The van der Waals surface area contributed by atoms with Crippen LogP contribution < -0.4 is 10.5 Å². The molecule has 0 radical (unpaired) electrons. The zero-order chi connectivity index (χ0) is 17.0. The van der Waals surface area contributed by atoms with E-state index in [1.165, 1.54) is 5.56 Å². The molecule has 1 aromatic carbocycles. The zero-order valence-electron chi connectivity index (χ0n) is 14.1. The summed E-state index contributed by atoms with van der Waals surface area (Å²) >= 11 is 0. The molecule has 1 aromatic heterocycles. The second kappa shape index (κ2) is 7.00. The normalized spacial score (nSPS) is 13.1. The van der Waals surface area contributed by atoms with E-state index in [1.807, 2.05) is 45.0 Å². The highest BCUT2D eigenvalue weighted by Crippen LogP contribution is 2.18. The summed E-state index contributed by atoms with van der Waals surface area (Å²) in [5.74, 6) is 0.469. The number of aliphatic hydroxyl groups is 1. The van der Waals surface area contributed by atoms with Crippen LogP contribution in [0.15, 0.2) is 33.5 Å². The van der Waals surface area contributed by atoms with E-state index >= 15 is 0 Å². The van der Waals surface area contributed by atoms with Gasteiger partial charge in [-0.3, -0.25) is 0 Å². The third-order valence-corrected chi connectivity index (χ3v) is 3.41. The van der Waals surface area contributed by atoms with Crippen molar-refractivity contribution in [2.45, 2.75) is 52.2 Å². The van der Waals surface area contributed by atoms with Crippen molar-refractivity contribution in [2.24, 2.45) is 0 Å². The van der Waals surface area contributed by atoms with Crippen LogP contribution in [0.1, 0.15) is 39.1 Å². The van der Waals surface area contributed by atoms with Gasteiger partial charge in [-0.1, -0.05) is 39.8 Å². The second-order valence-corrected chi connectivity index (χ2v) is 6.57. The number of benzene rings is 1. The van der Waals surface area contributed by atoms with Crippen molar-refractivity contribution in [3.8, 4) is 5.75 Å². The average Bonchev–Trinajstić information content (AvgIpc) is 2.87. The Hall–Kier alpha value is -2.08. The molecule has 0 aliphatic heterocycles. The lowest BCUT2D eigenvalue weighted by molar-refractivity contribution is 0.0875. The molecule has 0 spiro atoms. The molecule has 1 N–H and O–H groups in total. The summed E-state index contributed by atoms with van der Waals surface area (Å²) in [5, 5.41) is 14.2. The summed E-state index contributed by atoms with van der Waals surface area (Å²) in [5.41, 5.74) is 0.870. The van der Waals surface area contributed by atoms with Gasteiger partial charge in [0.25, 0.3) is 0 Å². The Bertz CT molecular complexity index is 680. The van der Waals surface area contributed by atoms with Gasteiger partial charge >= 0.3 is 5.76 Å². The largest absolute Gasteiger partial charge is 0.491 e. The van der Waals surface area contributed by atoms with Crippen molar-refractivity contribution >= 4 is 0 Å². The van der Waals surface area contributed by atoms with Crippen LogP contribution in [0.3, 0.4) is 0 Å². The first-order valence-corrected chi connectivity index (χ1v) is 7.78. The third kappa shape index (κ3) is 4.69. The van der Waals surface area contributed by atoms with Crippen molar-refractivity contribution in [1.82, 2.24) is 9.78 Å². The van der Waals surface area contributed by atoms with Gasteiger partial charge in [-0.05, 0) is 24.1 Å². The monoisotopic (exact) mass is 320 g/mol. The van der Waals surface area contributed by atoms with Crippen molar-refractivity contribution in [3.05, 3.63) is 46.3 Å². The Labute approximate surface area is 135 Å². The molecule has 0 bridgehead atoms. The van der Waals surface area contributed by atoms with Crippen LogP contribution in [0.2, 0.25) is 0 Å². The molecule has 0 saturated carbocycles. The molecule has 23 heavy (non-hydrogen) atoms. The van der Waals surface area contributed by atoms with Crippen molar-refractivity contribution in [2.75, 3.05) is 6.61 Å². The minimum absolute atomic E-state index is 0.0332. The Morgan fingerprint density at radius 1 is 1.30 bits per heavy atom. The lowest BCUT2D eigenvalue weighted by Gasteiger charge is -2.13. The molecule has 0 aliphatic carbocycles. The first-order chi connectivity index (χ1) is 10.8. The topological polar surface area (TPSA) is 77.5 Å². The van der Waals surface area contributed by atoms with E-state index in [0.29, 0.717) is 11.6 Å². The number of aromatic nitrogens is 2. The highest BCUT2D eigenvalue weighted by molar-refractivity contribution is 5.27. The van der Waals surface area contributed by atoms with Crippen LogP contribution >= 0.6 is 0 Å². The number of hydrogen-bond donors (Lipinski definition) is 1. The molecule has 2 aromatic rings. The standard InChI is InChI=1S/C17H24N2O4/c1-5-12-6-8-14(9-7-12)22-11-13(20)10-19-16(21)23-15(18-19)17(2,3)4/h6-9,13,20H,5,10-11H2,1-4H3. The summed E-state index contributed by atoms with van der Waals surface area (Å²) in [6.07, 6.45) is 0.116. The van der Waals surface area contributed by atoms with Gasteiger partial charge < -0.3 is 14.3 Å². The minimum Gasteiger partial charge on any atom is -0.491 e. The molecular formula is C17H24N2O4. The van der Waals surface area contributed by atoms with Crippen molar-refractivity contribution in [3.63, 3.8) is 0 Å². The number of nitrogens with zero attached hydrogens (tertiary/aromatic N) is 2. The first-order valence-electron chi connectivity index (χ1n) is 7.78. The molecule has 0 aliphatic rings. The predicted octanol–water partition coefficient (Wildman–Crippen LogP) is 2.14. The summed E-state index contributed by atoms with van der Waals surface area (Å²) in [4.78, 5) is 11.7. The van der Waals surface area contributed by atoms with Gasteiger partial charge in [-0.2, -0.15) is 4.68 Å². The SMILES string of the molecule is CCc1ccc(OCC(O)Cn2nc(C(C)(C)C)oc2=O)cc1. The molecule has 6 nitrogen and oxygen atoms in total. The van der Waals surface area contributed by atoms with E-state index < -0.39 is 11.9 Å². The van der Waals surface area contributed by atoms with Gasteiger partial charge in [0, 0.05) is 5.41 Å². The Kier molecular flexibility index (Phi) is 5.26. The van der Waals surface area contributed by atoms with Crippen LogP contribution in [0.4, 0.5) is 0 Å². The molecule has 0 saturated heterocycles. The number of hydrogen-bond acceptors (Lipinski definition) is 5. The average molecular weight is 320 g/mol. The predicted molar refractivity (Wildman–Crippen MR) is 86.8 cm³/mol. The van der Waals surface area contributed by atoms with Crippen LogP contribution in [-0.4, -0.2) is 27.6 Å². The van der Waals surface area contributed by atoms with E-state index in [2.05, 4.69) is 12.0 Å². The quantitative estimate of drug-likeness (QED) is 0.882. The molecule has 126 valence electrons. The van der Waals surface area contributed by atoms with Gasteiger partial charge in [0.1, 0.15) is 18.5 Å². The zero-order valence-corrected chi connectivity index (χ0v) is 14.1. The first kappa shape index (κ1) is 17.3. The Morgan fingerprint density at radius 2 is 1.96 bits per heavy atom. The van der Waals surface area contributed by atoms with Gasteiger partial charge in [0.05, 0.1) is 6.54 Å². The van der Waals surface area contributed by atoms with E-state index in [4.69, 9.17) is 9.15 Å². The van der Waals surface area contributed by atoms with Crippen LogP contribution in [0.25, 0.3) is 0 Å². The molecule has 0 amide bonds. The maximum Gasteiger partial charge on any atom is 0.437 e. The van der Waals surface area contributed by atoms with Crippen molar-refractivity contribution < 1.29 is 14.3 Å². The number of aliphatic hydroxyl groups excluding tert-OH is 1. The summed E-state index contributed by atoms with van der Waals surface area (Å²) in [7, 11) is 0. The van der Waals surface area contributed by atoms with Crippen LogP contribution in [0, 0.1) is 0 Å². The van der Waals surface area contributed by atoms with Gasteiger partial charge in [-0.15, -0.1) is 5.10 Å². The van der Waals surface area contributed by atoms with Crippen LogP contribution in [-0.2, 0) is 18.4 Å². The number of rotatable bonds is 6. The van der Waals surface area contributed by atoms with E-state index in [-0.39, 0.29) is 18.6 Å². The molecule has 6 heteroatoms. The maximum atomic E-state index is 11.7. The minimum atomic E-state index is -0.850. The van der Waals surface area contributed by atoms with Crippen molar-refractivity contribution in [1.29, 1.82) is 0 Å². The van der Waals surface area contributed by atoms with Gasteiger partial charge in [0.15, 0.2) is 0 Å². The highest BCUT2D eigenvalue weighted by atomic mass is 16.5. The lowest BCUT2D eigenvalue weighted by atomic mass is 9.97. The molecular weight excluding hydrogens is 296 g/mol. The third-order valence-electron chi connectivity index (χ3n) is 3.41. The molecule has 2 rings (SSSR count). The smallest absolute Gasteiger partial charge is 0.437 e. The van der Waals surface area contributed by atoms with E-state index in [1.54, 1.807) is 0 Å². The molecule has 1 heterocycles. The fourth-order valence-electron chi connectivity index (χ4n) is 1.99. The fraction of sp³-hybridized carbons (Fsp3) is 0.529. The summed E-state index contributed by atoms with van der Waals surface area (Å²) < 4.78 is 11.8. The Morgan fingerprint density at radius 3 is 2.48 bits per heavy atom. The highest BCUT2D eigenvalue weighted by Gasteiger charge is 2.23. The van der Waals surface area contributed by atoms with Crippen LogP contribution in [0.5, 0.6) is 5.75 Å².